The molecule has 0 aromatic heterocycles. The summed E-state index contributed by atoms with van der Waals surface area (Å²) in [5, 5.41) is 12.7. The Labute approximate surface area is 239 Å². The van der Waals surface area contributed by atoms with Gasteiger partial charge in [0, 0.05) is 11.1 Å². The minimum Gasteiger partial charge on any atom is -0.464 e. The summed E-state index contributed by atoms with van der Waals surface area (Å²) in [5.74, 6) is 0.859. The summed E-state index contributed by atoms with van der Waals surface area (Å²) >= 11 is 0. The maximum Gasteiger partial charge on any atom is 0.196 e. The summed E-state index contributed by atoms with van der Waals surface area (Å²) in [4.78, 5) is 0. The monoisotopic (exact) mass is 526 g/mol. The van der Waals surface area contributed by atoms with E-state index in [1.807, 2.05) is 36.4 Å². The molecule has 0 radical (unpaired) electrons. The smallest absolute Gasteiger partial charge is 0.196 e. The Morgan fingerprint density at radius 1 is 0.512 bits per heavy atom. The third kappa shape index (κ3) is 4.84. The maximum atomic E-state index is 9.05. The van der Waals surface area contributed by atoms with E-state index in [2.05, 4.69) is 121 Å². The van der Waals surface area contributed by atoms with E-state index >= 15 is 0 Å². The minimum absolute atomic E-state index is 0.272. The van der Waals surface area contributed by atoms with E-state index in [0.717, 1.165) is 61.5 Å². The minimum atomic E-state index is -0.272. The van der Waals surface area contributed by atoms with E-state index in [9.17, 15) is 0 Å². The molecule has 1 N–H and O–H groups in total. The third-order valence-electron chi connectivity index (χ3n) is 7.59. The summed E-state index contributed by atoms with van der Waals surface area (Å²) in [7, 11) is 0. The van der Waals surface area contributed by atoms with Gasteiger partial charge in [0.25, 0.3) is 0 Å². The van der Waals surface area contributed by atoms with Crippen LogP contribution in [0.1, 0.15) is 17.4 Å². The molecule has 0 fully saturated rings. The molecule has 0 amide bonds. The molecule has 0 saturated heterocycles. The van der Waals surface area contributed by atoms with Gasteiger partial charge in [-0.1, -0.05) is 121 Å². The number of anilines is 1. The molecule has 1 aliphatic heterocycles. The molecule has 1 aliphatic rings. The highest BCUT2D eigenvalue weighted by Crippen LogP contribution is 2.47. The van der Waals surface area contributed by atoms with Crippen LogP contribution in [-0.2, 0) is 0 Å². The van der Waals surface area contributed by atoms with Gasteiger partial charge in [0.05, 0.1) is 17.3 Å². The van der Waals surface area contributed by atoms with E-state index in [-0.39, 0.29) is 6.23 Å². The fourth-order valence-electron chi connectivity index (χ4n) is 5.38. The number of ether oxygens (including phenoxy) is 1. The summed E-state index contributed by atoms with van der Waals surface area (Å²) in [6, 6.07) is 52.2. The predicted molar refractivity (Wildman–Crippen MR) is 166 cm³/mol. The third-order valence-corrected chi connectivity index (χ3v) is 7.59. The first-order valence-electron chi connectivity index (χ1n) is 13.7. The maximum absolute atomic E-state index is 9.05. The molecule has 3 heteroatoms. The Hall–Kier alpha value is -5.59. The largest absolute Gasteiger partial charge is 0.464 e. The van der Waals surface area contributed by atoms with Crippen molar-refractivity contribution in [3.63, 3.8) is 0 Å². The number of hydrogen-bond donors (Lipinski definition) is 1. The molecular formula is C38H26N2O. The van der Waals surface area contributed by atoms with Crippen LogP contribution in [0.25, 0.3) is 44.5 Å². The van der Waals surface area contributed by atoms with E-state index in [4.69, 9.17) is 10.00 Å². The Kier molecular flexibility index (Phi) is 6.28. The van der Waals surface area contributed by atoms with Crippen LogP contribution in [0, 0.1) is 11.3 Å². The van der Waals surface area contributed by atoms with Crippen LogP contribution < -0.4 is 10.1 Å². The second-order valence-corrected chi connectivity index (χ2v) is 10.2. The van der Waals surface area contributed by atoms with Crippen LogP contribution in [0.15, 0.2) is 146 Å². The predicted octanol–water partition coefficient (Wildman–Crippen LogP) is 9.73. The molecule has 0 bridgehead atoms. The van der Waals surface area contributed by atoms with Crippen LogP contribution in [0.2, 0.25) is 0 Å². The Balaban J connectivity index is 1.15. The van der Waals surface area contributed by atoms with Crippen LogP contribution in [0.5, 0.6) is 5.75 Å². The molecule has 0 spiro atoms. The number of hydrogen-bond acceptors (Lipinski definition) is 3. The van der Waals surface area contributed by atoms with Crippen molar-refractivity contribution in [3.8, 4) is 56.3 Å². The van der Waals surface area contributed by atoms with Crippen LogP contribution >= 0.6 is 0 Å². The van der Waals surface area contributed by atoms with Crippen LogP contribution in [0.4, 0.5) is 5.69 Å². The van der Waals surface area contributed by atoms with E-state index in [0.29, 0.717) is 5.56 Å². The topological polar surface area (TPSA) is 45.0 Å². The molecule has 1 heterocycles. The van der Waals surface area contributed by atoms with Crippen molar-refractivity contribution in [1.29, 1.82) is 5.26 Å². The normalized spacial score (nSPS) is 13.5. The lowest BCUT2D eigenvalue weighted by Gasteiger charge is -2.13. The second kappa shape index (κ2) is 10.5. The van der Waals surface area contributed by atoms with Gasteiger partial charge in [0.2, 0.25) is 0 Å². The fraction of sp³-hybridized carbons (Fsp3) is 0.0263. The Bertz CT molecular complexity index is 1850. The lowest BCUT2D eigenvalue weighted by Crippen LogP contribution is -2.10. The first-order valence-corrected chi connectivity index (χ1v) is 13.7. The van der Waals surface area contributed by atoms with Crippen molar-refractivity contribution in [3.05, 3.63) is 157 Å². The van der Waals surface area contributed by atoms with Gasteiger partial charge in [-0.3, -0.25) is 0 Å². The van der Waals surface area contributed by atoms with Gasteiger partial charge in [0.1, 0.15) is 5.75 Å². The zero-order chi connectivity index (χ0) is 27.6. The van der Waals surface area contributed by atoms with Crippen LogP contribution in [-0.4, -0.2) is 0 Å². The van der Waals surface area contributed by atoms with Gasteiger partial charge >= 0.3 is 0 Å². The quantitative estimate of drug-likeness (QED) is 0.243. The summed E-state index contributed by atoms with van der Waals surface area (Å²) < 4.78 is 6.51. The average molecular weight is 527 g/mol. The lowest BCUT2D eigenvalue weighted by molar-refractivity contribution is 0.260. The second-order valence-electron chi connectivity index (χ2n) is 10.2. The molecule has 3 nitrogen and oxygen atoms in total. The van der Waals surface area contributed by atoms with Gasteiger partial charge in [0.15, 0.2) is 6.23 Å². The Morgan fingerprint density at radius 2 is 1.00 bits per heavy atom. The summed E-state index contributed by atoms with van der Waals surface area (Å²) in [6.45, 7) is 0. The van der Waals surface area contributed by atoms with Crippen molar-refractivity contribution in [2.75, 3.05) is 5.32 Å². The molecule has 0 saturated carbocycles. The zero-order valence-electron chi connectivity index (χ0n) is 22.3. The molecule has 41 heavy (non-hydrogen) atoms. The van der Waals surface area contributed by atoms with Crippen molar-refractivity contribution in [2.24, 2.45) is 0 Å². The fourth-order valence-corrected chi connectivity index (χ4v) is 5.38. The van der Waals surface area contributed by atoms with E-state index < -0.39 is 0 Å². The van der Waals surface area contributed by atoms with Crippen LogP contribution in [0.3, 0.4) is 0 Å². The Morgan fingerprint density at radius 3 is 1.56 bits per heavy atom. The highest BCUT2D eigenvalue weighted by atomic mass is 16.5. The van der Waals surface area contributed by atoms with Crippen molar-refractivity contribution < 1.29 is 4.74 Å². The molecule has 6 aromatic rings. The lowest BCUT2D eigenvalue weighted by atomic mass is 9.97. The summed E-state index contributed by atoms with van der Waals surface area (Å²) in [5.41, 5.74) is 11.8. The number of nitriles is 1. The molecule has 6 aromatic carbocycles. The highest BCUT2D eigenvalue weighted by molar-refractivity contribution is 5.88. The molecule has 194 valence electrons. The standard InChI is InChI=1S/C38H26N2O/c39-25-26-11-13-28(14-12-26)29-15-17-30(18-16-29)31-19-21-33(22-20-31)38-40-37-35(32-9-5-2-6-10-32)23-34(24-36(37)41-38)27-7-3-1-4-8-27/h1-24,38,40H. The summed E-state index contributed by atoms with van der Waals surface area (Å²) in [6.07, 6.45) is -0.272. The molecular weight excluding hydrogens is 500 g/mol. The van der Waals surface area contributed by atoms with Gasteiger partial charge in [-0.05, 0) is 63.2 Å². The zero-order valence-corrected chi connectivity index (χ0v) is 22.3. The molecule has 0 aliphatic carbocycles. The number of nitrogens with one attached hydrogen (secondary N) is 1. The number of nitrogens with zero attached hydrogens (tertiary/aromatic N) is 1. The SMILES string of the molecule is N#Cc1ccc(-c2ccc(-c3ccc(C4Nc5c(cc(-c6ccccc6)cc5-c5ccccc5)O4)cc3)cc2)cc1. The van der Waals surface area contributed by atoms with E-state index in [1.54, 1.807) is 0 Å². The number of rotatable bonds is 5. The van der Waals surface area contributed by atoms with Crippen molar-refractivity contribution >= 4 is 5.69 Å². The van der Waals surface area contributed by atoms with Gasteiger partial charge in [-0.2, -0.15) is 5.26 Å². The van der Waals surface area contributed by atoms with Crippen molar-refractivity contribution in [1.82, 2.24) is 0 Å². The average Bonchev–Trinajstić information content (AvgIpc) is 3.50. The first-order chi connectivity index (χ1) is 20.2. The number of benzene rings is 6. The number of fused-ring (bicyclic) bond motifs is 1. The molecule has 1 atom stereocenters. The molecule has 1 unspecified atom stereocenters. The van der Waals surface area contributed by atoms with Gasteiger partial charge in [-0.15, -0.1) is 0 Å². The van der Waals surface area contributed by atoms with Crippen molar-refractivity contribution in [2.45, 2.75) is 6.23 Å². The van der Waals surface area contributed by atoms with Gasteiger partial charge in [-0.25, -0.2) is 0 Å². The van der Waals surface area contributed by atoms with E-state index in [1.165, 1.54) is 0 Å². The molecule has 7 rings (SSSR count). The first kappa shape index (κ1) is 24.5. The van der Waals surface area contributed by atoms with Gasteiger partial charge < -0.3 is 10.1 Å². The highest BCUT2D eigenvalue weighted by Gasteiger charge is 2.27.